The zero-order valence-corrected chi connectivity index (χ0v) is 10.9. The van der Waals surface area contributed by atoms with Crippen molar-refractivity contribution in [2.75, 3.05) is 6.54 Å². The van der Waals surface area contributed by atoms with Crippen LogP contribution in [0.5, 0.6) is 0 Å². The molecule has 2 fully saturated rings. The van der Waals surface area contributed by atoms with Gasteiger partial charge in [-0.1, -0.05) is 32.6 Å². The van der Waals surface area contributed by atoms with Gasteiger partial charge in [-0.2, -0.15) is 0 Å². The summed E-state index contributed by atoms with van der Waals surface area (Å²) in [7, 11) is 0. The molecule has 0 radical (unpaired) electrons. The molecule has 1 amide bonds. The van der Waals surface area contributed by atoms with Crippen LogP contribution in [0.2, 0.25) is 0 Å². The van der Waals surface area contributed by atoms with Gasteiger partial charge in [-0.15, -0.1) is 0 Å². The first-order valence-corrected chi connectivity index (χ1v) is 7.08. The van der Waals surface area contributed by atoms with E-state index < -0.39 is 0 Å². The van der Waals surface area contributed by atoms with Crippen LogP contribution < -0.4 is 5.32 Å². The molecule has 2 N–H and O–H groups in total. The molecule has 2 aliphatic carbocycles. The Hall–Kier alpha value is -0.570. The molecule has 0 aromatic heterocycles. The zero-order valence-electron chi connectivity index (χ0n) is 10.9. The van der Waals surface area contributed by atoms with Gasteiger partial charge >= 0.3 is 0 Å². The predicted octanol–water partition coefficient (Wildman–Crippen LogP) is 2.23. The second kappa shape index (κ2) is 5.38. The number of carbonyl (C=O) groups is 1. The van der Waals surface area contributed by atoms with E-state index in [1.165, 1.54) is 19.3 Å². The maximum absolute atomic E-state index is 12.2. The van der Waals surface area contributed by atoms with E-state index in [1.54, 1.807) is 0 Å². The highest BCUT2D eigenvalue weighted by Gasteiger charge is 2.35. The van der Waals surface area contributed by atoms with Gasteiger partial charge in [0.2, 0.25) is 5.91 Å². The van der Waals surface area contributed by atoms with Gasteiger partial charge in [0.05, 0.1) is 6.10 Å². The van der Waals surface area contributed by atoms with Crippen molar-refractivity contribution in [1.29, 1.82) is 0 Å². The van der Waals surface area contributed by atoms with Gasteiger partial charge in [-0.05, 0) is 25.7 Å². The van der Waals surface area contributed by atoms with Crippen LogP contribution in [0, 0.1) is 11.3 Å². The van der Waals surface area contributed by atoms with E-state index in [-0.39, 0.29) is 23.3 Å². The minimum Gasteiger partial charge on any atom is -0.393 e. The largest absolute Gasteiger partial charge is 0.393 e. The van der Waals surface area contributed by atoms with Crippen LogP contribution in [0.15, 0.2) is 0 Å². The minimum absolute atomic E-state index is 0.151. The molecule has 3 nitrogen and oxygen atoms in total. The Labute approximate surface area is 104 Å². The summed E-state index contributed by atoms with van der Waals surface area (Å²) < 4.78 is 0. The molecule has 0 aromatic carbocycles. The van der Waals surface area contributed by atoms with Gasteiger partial charge in [-0.25, -0.2) is 0 Å². The third kappa shape index (κ3) is 3.01. The van der Waals surface area contributed by atoms with Crippen LogP contribution in [-0.4, -0.2) is 23.7 Å². The second-order valence-electron chi connectivity index (χ2n) is 6.09. The molecule has 0 spiro atoms. The van der Waals surface area contributed by atoms with Gasteiger partial charge in [0.1, 0.15) is 0 Å². The summed E-state index contributed by atoms with van der Waals surface area (Å²) in [5.41, 5.74) is -0.151. The van der Waals surface area contributed by atoms with E-state index in [9.17, 15) is 9.90 Å². The molecule has 0 saturated heterocycles. The Balaban J connectivity index is 1.80. The fourth-order valence-corrected chi connectivity index (χ4v) is 3.25. The zero-order chi connectivity index (χ0) is 12.3. The van der Waals surface area contributed by atoms with Crippen molar-refractivity contribution >= 4 is 5.91 Å². The third-order valence-electron chi connectivity index (χ3n) is 4.65. The number of nitrogens with one attached hydrogen (secondary N) is 1. The van der Waals surface area contributed by atoms with Gasteiger partial charge in [0.15, 0.2) is 0 Å². The van der Waals surface area contributed by atoms with Gasteiger partial charge in [0, 0.05) is 17.9 Å². The van der Waals surface area contributed by atoms with E-state index in [4.69, 9.17) is 0 Å². The molecule has 3 heteroatoms. The van der Waals surface area contributed by atoms with E-state index in [2.05, 4.69) is 12.2 Å². The van der Waals surface area contributed by atoms with Crippen LogP contribution in [0.1, 0.15) is 58.3 Å². The van der Waals surface area contributed by atoms with Crippen molar-refractivity contribution in [3.63, 3.8) is 0 Å². The topological polar surface area (TPSA) is 49.3 Å². The van der Waals surface area contributed by atoms with Crippen LogP contribution >= 0.6 is 0 Å². The first-order valence-electron chi connectivity index (χ1n) is 7.08. The molecule has 2 unspecified atom stereocenters. The van der Waals surface area contributed by atoms with Crippen LogP contribution in [0.25, 0.3) is 0 Å². The maximum Gasteiger partial charge on any atom is 0.225 e. The molecule has 2 saturated carbocycles. The molecule has 0 heterocycles. The van der Waals surface area contributed by atoms with Crippen molar-refractivity contribution in [1.82, 2.24) is 5.32 Å². The maximum atomic E-state index is 12.2. The molecule has 2 atom stereocenters. The number of amides is 1. The van der Waals surface area contributed by atoms with Gasteiger partial charge in [-0.3, -0.25) is 4.79 Å². The summed E-state index contributed by atoms with van der Waals surface area (Å²) in [4.78, 5) is 12.2. The average Bonchev–Trinajstić information content (AvgIpc) is 2.73. The molecule has 17 heavy (non-hydrogen) atoms. The SMILES string of the molecule is CC1(C(=O)NCC2CCCC2O)CCCCC1. The Kier molecular flexibility index (Phi) is 4.08. The molecular formula is C14H25NO2. The number of aliphatic hydroxyl groups excluding tert-OH is 1. The lowest BCUT2D eigenvalue weighted by molar-refractivity contribution is -0.132. The second-order valence-corrected chi connectivity index (χ2v) is 6.09. The summed E-state index contributed by atoms with van der Waals surface area (Å²) in [6.45, 7) is 2.75. The van der Waals surface area contributed by atoms with E-state index >= 15 is 0 Å². The standard InChI is InChI=1S/C14H25NO2/c1-14(8-3-2-4-9-14)13(17)15-10-11-6-5-7-12(11)16/h11-12,16H,2-10H2,1H3,(H,15,17). The first-order chi connectivity index (χ1) is 8.12. The molecule has 0 bridgehead atoms. The summed E-state index contributed by atoms with van der Waals surface area (Å²) >= 11 is 0. The van der Waals surface area contributed by atoms with Crippen LogP contribution in [0.4, 0.5) is 0 Å². The highest BCUT2D eigenvalue weighted by atomic mass is 16.3. The fraction of sp³-hybridized carbons (Fsp3) is 0.929. The lowest BCUT2D eigenvalue weighted by atomic mass is 9.75. The molecular weight excluding hydrogens is 214 g/mol. The Morgan fingerprint density at radius 1 is 1.24 bits per heavy atom. The number of hydrogen-bond acceptors (Lipinski definition) is 2. The Morgan fingerprint density at radius 3 is 2.53 bits per heavy atom. The lowest BCUT2D eigenvalue weighted by Gasteiger charge is -2.32. The smallest absolute Gasteiger partial charge is 0.225 e. The molecule has 0 aromatic rings. The fourth-order valence-electron chi connectivity index (χ4n) is 3.25. The van der Waals surface area contributed by atoms with Crippen molar-refractivity contribution in [3.05, 3.63) is 0 Å². The van der Waals surface area contributed by atoms with Crippen LogP contribution in [0.3, 0.4) is 0 Å². The first kappa shape index (κ1) is 12.9. The Morgan fingerprint density at radius 2 is 1.94 bits per heavy atom. The van der Waals surface area contributed by atoms with E-state index in [0.717, 1.165) is 32.1 Å². The van der Waals surface area contributed by atoms with Crippen molar-refractivity contribution in [2.45, 2.75) is 64.4 Å². The molecule has 98 valence electrons. The number of hydrogen-bond donors (Lipinski definition) is 2. The molecule has 0 aliphatic heterocycles. The van der Waals surface area contributed by atoms with Crippen molar-refractivity contribution < 1.29 is 9.90 Å². The summed E-state index contributed by atoms with van der Waals surface area (Å²) in [6.07, 6.45) is 8.51. The average molecular weight is 239 g/mol. The number of carbonyl (C=O) groups excluding carboxylic acids is 1. The van der Waals surface area contributed by atoms with Crippen molar-refractivity contribution in [3.8, 4) is 0 Å². The quantitative estimate of drug-likeness (QED) is 0.793. The van der Waals surface area contributed by atoms with Crippen molar-refractivity contribution in [2.24, 2.45) is 11.3 Å². The highest BCUT2D eigenvalue weighted by molar-refractivity contribution is 5.82. The van der Waals surface area contributed by atoms with Gasteiger partial charge in [0.25, 0.3) is 0 Å². The van der Waals surface area contributed by atoms with Gasteiger partial charge < -0.3 is 10.4 Å². The van der Waals surface area contributed by atoms with Crippen LogP contribution in [-0.2, 0) is 4.79 Å². The normalized spacial score (nSPS) is 32.4. The molecule has 2 rings (SSSR count). The minimum atomic E-state index is -0.200. The van der Waals surface area contributed by atoms with E-state index in [0.29, 0.717) is 6.54 Å². The monoisotopic (exact) mass is 239 g/mol. The summed E-state index contributed by atoms with van der Waals surface area (Å²) in [5, 5.41) is 12.8. The summed E-state index contributed by atoms with van der Waals surface area (Å²) in [5.74, 6) is 0.488. The Bertz CT molecular complexity index is 271. The lowest BCUT2D eigenvalue weighted by Crippen LogP contribution is -2.43. The molecule has 2 aliphatic rings. The number of aliphatic hydroxyl groups is 1. The third-order valence-corrected chi connectivity index (χ3v) is 4.65. The predicted molar refractivity (Wildman–Crippen MR) is 67.5 cm³/mol. The highest BCUT2D eigenvalue weighted by Crippen LogP contribution is 2.36. The number of rotatable bonds is 3. The van der Waals surface area contributed by atoms with E-state index in [1.807, 2.05) is 0 Å². The summed E-state index contributed by atoms with van der Waals surface area (Å²) in [6, 6.07) is 0.